The van der Waals surface area contributed by atoms with Crippen molar-refractivity contribution in [1.29, 1.82) is 0 Å². The zero-order chi connectivity index (χ0) is 17.0. The molecular weight excluding hydrogens is 300 g/mol. The van der Waals surface area contributed by atoms with Crippen molar-refractivity contribution in [2.45, 2.75) is 38.9 Å². The molecule has 1 aromatic carbocycles. The van der Waals surface area contributed by atoms with Gasteiger partial charge in [0.2, 0.25) is 8.32 Å². The Morgan fingerprint density at radius 1 is 1.09 bits per heavy atom. The molecule has 0 spiro atoms. The van der Waals surface area contributed by atoms with Crippen molar-refractivity contribution in [3.05, 3.63) is 23.8 Å². The zero-order valence-electron chi connectivity index (χ0n) is 14.5. The van der Waals surface area contributed by atoms with E-state index in [-0.39, 0.29) is 11.8 Å². The van der Waals surface area contributed by atoms with E-state index in [4.69, 9.17) is 18.6 Å². The van der Waals surface area contributed by atoms with Crippen molar-refractivity contribution in [2.24, 2.45) is 0 Å². The minimum Gasteiger partial charge on any atom is -0.543 e. The first kappa shape index (κ1) is 18.5. The molecule has 0 unspecified atom stereocenters. The molecule has 1 aromatic rings. The van der Waals surface area contributed by atoms with Crippen molar-refractivity contribution in [1.82, 2.24) is 0 Å². The third-order valence-electron chi connectivity index (χ3n) is 3.82. The largest absolute Gasteiger partial charge is 0.543 e. The minimum atomic E-state index is -2.01. The molecule has 5 nitrogen and oxygen atoms in total. The second-order valence-corrected chi connectivity index (χ2v) is 11.3. The van der Waals surface area contributed by atoms with Gasteiger partial charge < -0.3 is 18.6 Å². The van der Waals surface area contributed by atoms with Gasteiger partial charge in [-0.05, 0) is 30.3 Å². The quantitative estimate of drug-likeness (QED) is 0.451. The van der Waals surface area contributed by atoms with E-state index in [1.54, 1.807) is 18.2 Å². The van der Waals surface area contributed by atoms with Gasteiger partial charge in [0.25, 0.3) is 0 Å². The van der Waals surface area contributed by atoms with E-state index in [0.29, 0.717) is 17.1 Å². The lowest BCUT2D eigenvalue weighted by Crippen LogP contribution is -2.43. The molecule has 124 valence electrons. The van der Waals surface area contributed by atoms with Crippen molar-refractivity contribution < 1.29 is 23.4 Å². The van der Waals surface area contributed by atoms with Crippen LogP contribution < -0.4 is 9.16 Å². The number of carbonyl (C=O) groups excluding carboxylic acids is 1. The van der Waals surface area contributed by atoms with Gasteiger partial charge in [0.05, 0.1) is 12.7 Å². The fourth-order valence-electron chi connectivity index (χ4n) is 1.52. The van der Waals surface area contributed by atoms with Gasteiger partial charge in [-0.2, -0.15) is 0 Å². The van der Waals surface area contributed by atoms with Crippen LogP contribution in [0, 0.1) is 0 Å². The Kier molecular flexibility index (Phi) is 6.02. The molecule has 0 aliphatic carbocycles. The fourth-order valence-corrected chi connectivity index (χ4v) is 2.54. The smallest absolute Gasteiger partial charge is 0.338 e. The van der Waals surface area contributed by atoms with Crippen molar-refractivity contribution in [3.8, 4) is 11.5 Å². The van der Waals surface area contributed by atoms with E-state index < -0.39 is 14.3 Å². The normalized spacial score (nSPS) is 12.0. The predicted molar refractivity (Wildman–Crippen MR) is 88.1 cm³/mol. The average molecular weight is 326 g/mol. The second kappa shape index (κ2) is 7.15. The SMILES string of the molecule is COCOc1cc(O[Si](C)(C)C(C)(C)C)cc(C(=O)OC)c1. The first-order chi connectivity index (χ1) is 10.1. The molecule has 0 saturated heterocycles. The number of rotatable bonds is 6. The summed E-state index contributed by atoms with van der Waals surface area (Å²) in [6, 6.07) is 5.07. The standard InChI is InChI=1S/C16H26O5Si/c1-16(2,3)22(6,7)21-14-9-12(15(17)19-5)8-13(10-14)20-11-18-4/h8-10H,11H2,1-7H3. The van der Waals surface area contributed by atoms with Gasteiger partial charge in [0.15, 0.2) is 6.79 Å². The Labute approximate surface area is 133 Å². The Morgan fingerprint density at radius 2 is 1.68 bits per heavy atom. The maximum Gasteiger partial charge on any atom is 0.338 e. The molecule has 0 atom stereocenters. The monoisotopic (exact) mass is 326 g/mol. The third-order valence-corrected chi connectivity index (χ3v) is 8.18. The van der Waals surface area contributed by atoms with E-state index in [9.17, 15) is 4.79 Å². The maximum atomic E-state index is 11.8. The molecule has 1 rings (SSSR count). The molecule has 6 heteroatoms. The van der Waals surface area contributed by atoms with Gasteiger partial charge in [0, 0.05) is 13.2 Å². The third kappa shape index (κ3) is 4.74. The molecule has 0 bridgehead atoms. The highest BCUT2D eigenvalue weighted by Gasteiger charge is 2.39. The molecule has 0 N–H and O–H groups in total. The summed E-state index contributed by atoms with van der Waals surface area (Å²) >= 11 is 0. The lowest BCUT2D eigenvalue weighted by molar-refractivity contribution is 0.0502. The van der Waals surface area contributed by atoms with E-state index in [1.807, 2.05) is 0 Å². The summed E-state index contributed by atoms with van der Waals surface area (Å²) < 4.78 is 21.3. The molecular formula is C16H26O5Si. The first-order valence-electron chi connectivity index (χ1n) is 7.15. The summed E-state index contributed by atoms with van der Waals surface area (Å²) in [6.07, 6.45) is 0. The Morgan fingerprint density at radius 3 is 2.18 bits per heavy atom. The van der Waals surface area contributed by atoms with Crippen LogP contribution in [0.1, 0.15) is 31.1 Å². The average Bonchev–Trinajstić information content (AvgIpc) is 2.42. The highest BCUT2D eigenvalue weighted by Crippen LogP contribution is 2.38. The van der Waals surface area contributed by atoms with E-state index in [1.165, 1.54) is 14.2 Å². The summed E-state index contributed by atoms with van der Waals surface area (Å²) in [5.74, 6) is 0.696. The zero-order valence-corrected chi connectivity index (χ0v) is 15.5. The number of hydrogen-bond acceptors (Lipinski definition) is 5. The van der Waals surface area contributed by atoms with Crippen molar-refractivity contribution in [2.75, 3.05) is 21.0 Å². The molecule has 22 heavy (non-hydrogen) atoms. The number of carbonyl (C=O) groups is 1. The molecule has 0 fully saturated rings. The van der Waals surface area contributed by atoms with Gasteiger partial charge in [-0.15, -0.1) is 0 Å². The summed E-state index contributed by atoms with van der Waals surface area (Å²) in [4.78, 5) is 11.8. The van der Waals surface area contributed by atoms with Crippen molar-refractivity contribution in [3.63, 3.8) is 0 Å². The van der Waals surface area contributed by atoms with Crippen molar-refractivity contribution >= 4 is 14.3 Å². The van der Waals surface area contributed by atoms with Crippen LogP contribution in [-0.2, 0) is 9.47 Å². The molecule has 0 aliphatic heterocycles. The van der Waals surface area contributed by atoms with Gasteiger partial charge in [-0.3, -0.25) is 0 Å². The molecule has 0 amide bonds. The van der Waals surface area contributed by atoms with Crippen LogP contribution in [0.15, 0.2) is 18.2 Å². The summed E-state index contributed by atoms with van der Waals surface area (Å²) in [6.45, 7) is 10.9. The molecule has 0 heterocycles. The van der Waals surface area contributed by atoms with Crippen LogP contribution in [0.3, 0.4) is 0 Å². The van der Waals surface area contributed by atoms with E-state index in [0.717, 1.165) is 0 Å². The molecule has 0 saturated carbocycles. The van der Waals surface area contributed by atoms with Crippen LogP contribution in [0.2, 0.25) is 18.1 Å². The van der Waals surface area contributed by atoms with Crippen LogP contribution in [0.25, 0.3) is 0 Å². The summed E-state index contributed by atoms with van der Waals surface area (Å²) in [5.41, 5.74) is 0.393. The first-order valence-corrected chi connectivity index (χ1v) is 10.1. The number of hydrogen-bond donors (Lipinski definition) is 0. The van der Waals surface area contributed by atoms with Crippen LogP contribution in [0.5, 0.6) is 11.5 Å². The van der Waals surface area contributed by atoms with Gasteiger partial charge >= 0.3 is 5.97 Å². The molecule has 0 aliphatic rings. The summed E-state index contributed by atoms with van der Waals surface area (Å²) in [5, 5.41) is 0.0574. The van der Waals surface area contributed by atoms with Crippen LogP contribution in [0.4, 0.5) is 0 Å². The Balaban J connectivity index is 3.14. The lowest BCUT2D eigenvalue weighted by Gasteiger charge is -2.36. The van der Waals surface area contributed by atoms with E-state index >= 15 is 0 Å². The summed E-state index contributed by atoms with van der Waals surface area (Å²) in [7, 11) is 0.879. The number of esters is 1. The second-order valence-electron chi connectivity index (χ2n) is 6.60. The molecule has 0 aromatic heterocycles. The van der Waals surface area contributed by atoms with Gasteiger partial charge in [-0.1, -0.05) is 20.8 Å². The van der Waals surface area contributed by atoms with E-state index in [2.05, 4.69) is 33.9 Å². The predicted octanol–water partition coefficient (Wildman–Crippen LogP) is 3.84. The molecule has 0 radical (unpaired) electrons. The topological polar surface area (TPSA) is 54.0 Å². The number of benzene rings is 1. The maximum absolute atomic E-state index is 11.8. The highest BCUT2D eigenvalue weighted by molar-refractivity contribution is 6.74. The van der Waals surface area contributed by atoms with Crippen LogP contribution in [-0.4, -0.2) is 35.3 Å². The number of methoxy groups -OCH3 is 2. The number of ether oxygens (including phenoxy) is 3. The van der Waals surface area contributed by atoms with Crippen LogP contribution >= 0.6 is 0 Å². The highest BCUT2D eigenvalue weighted by atomic mass is 28.4. The van der Waals surface area contributed by atoms with Gasteiger partial charge in [0.1, 0.15) is 11.5 Å². The minimum absolute atomic E-state index is 0.0574. The lowest BCUT2D eigenvalue weighted by atomic mass is 10.2. The van der Waals surface area contributed by atoms with Gasteiger partial charge in [-0.25, -0.2) is 4.79 Å². The Hall–Kier alpha value is -1.53. The fraction of sp³-hybridized carbons (Fsp3) is 0.562. The Bertz CT molecular complexity index is 520.